The third kappa shape index (κ3) is 4.13. The van der Waals surface area contributed by atoms with Crippen molar-refractivity contribution in [2.75, 3.05) is 13.1 Å². The zero-order valence-corrected chi connectivity index (χ0v) is 13.2. The number of benzene rings is 2. The first-order chi connectivity index (χ1) is 10.2. The van der Waals surface area contributed by atoms with Crippen LogP contribution in [0.1, 0.15) is 18.4 Å². The number of rotatable bonds is 4. The van der Waals surface area contributed by atoms with Crippen molar-refractivity contribution in [2.45, 2.75) is 19.4 Å². The van der Waals surface area contributed by atoms with Gasteiger partial charge in [-0.05, 0) is 61.8 Å². The molecule has 0 spiro atoms. The molecule has 0 unspecified atom stereocenters. The van der Waals surface area contributed by atoms with E-state index in [2.05, 4.69) is 17.0 Å². The van der Waals surface area contributed by atoms with Crippen molar-refractivity contribution >= 4 is 23.2 Å². The minimum absolute atomic E-state index is 0.572. The van der Waals surface area contributed by atoms with E-state index in [9.17, 15) is 0 Å². The lowest BCUT2D eigenvalue weighted by atomic mass is 10.2. The fourth-order valence-corrected chi connectivity index (χ4v) is 3.09. The molecule has 0 saturated carbocycles. The molecule has 0 radical (unpaired) electrons. The average Bonchev–Trinajstić information content (AvgIpc) is 2.93. The molecule has 4 heteroatoms. The van der Waals surface area contributed by atoms with Crippen LogP contribution in [0.15, 0.2) is 42.5 Å². The highest BCUT2D eigenvalue weighted by Crippen LogP contribution is 2.28. The van der Waals surface area contributed by atoms with E-state index in [1.807, 2.05) is 12.1 Å². The molecule has 0 N–H and O–H groups in total. The molecule has 0 aromatic heterocycles. The van der Waals surface area contributed by atoms with E-state index in [4.69, 9.17) is 27.9 Å². The van der Waals surface area contributed by atoms with Gasteiger partial charge in [0, 0.05) is 16.6 Å². The van der Waals surface area contributed by atoms with Gasteiger partial charge in [-0.15, -0.1) is 0 Å². The quantitative estimate of drug-likeness (QED) is 0.749. The minimum Gasteiger partial charge on any atom is -0.457 e. The fraction of sp³-hybridized carbons (Fsp3) is 0.294. The van der Waals surface area contributed by atoms with E-state index in [0.29, 0.717) is 15.8 Å². The van der Waals surface area contributed by atoms with E-state index in [-0.39, 0.29) is 0 Å². The maximum Gasteiger partial charge on any atom is 0.130 e. The molecule has 1 saturated heterocycles. The Hall–Kier alpha value is -1.22. The number of halogens is 2. The SMILES string of the molecule is Clc1cc(Cl)cc(Oc2ccc(CN3CCCC3)cc2)c1. The van der Waals surface area contributed by atoms with E-state index in [1.165, 1.54) is 31.5 Å². The predicted molar refractivity (Wildman–Crippen MR) is 87.5 cm³/mol. The molecule has 1 aliphatic heterocycles. The molecule has 0 aliphatic carbocycles. The van der Waals surface area contributed by atoms with Crippen molar-refractivity contribution in [2.24, 2.45) is 0 Å². The van der Waals surface area contributed by atoms with Gasteiger partial charge in [0.25, 0.3) is 0 Å². The van der Waals surface area contributed by atoms with E-state index >= 15 is 0 Å². The third-order valence-corrected chi connectivity index (χ3v) is 4.04. The molecular formula is C17H17Cl2NO. The van der Waals surface area contributed by atoms with E-state index < -0.39 is 0 Å². The van der Waals surface area contributed by atoms with Crippen LogP contribution in [0.4, 0.5) is 0 Å². The van der Waals surface area contributed by atoms with Crippen molar-refractivity contribution < 1.29 is 4.74 Å². The maximum absolute atomic E-state index is 5.97. The highest BCUT2D eigenvalue weighted by molar-refractivity contribution is 6.34. The second-order valence-electron chi connectivity index (χ2n) is 5.33. The Kier molecular flexibility index (Phi) is 4.69. The van der Waals surface area contributed by atoms with Crippen LogP contribution in [0.2, 0.25) is 10.0 Å². The van der Waals surface area contributed by atoms with Crippen molar-refractivity contribution in [3.63, 3.8) is 0 Å². The van der Waals surface area contributed by atoms with Gasteiger partial charge < -0.3 is 4.74 Å². The van der Waals surface area contributed by atoms with Crippen molar-refractivity contribution in [3.8, 4) is 11.5 Å². The first kappa shape index (κ1) is 14.7. The second-order valence-corrected chi connectivity index (χ2v) is 6.21. The summed E-state index contributed by atoms with van der Waals surface area (Å²) in [5.41, 5.74) is 1.31. The Bertz CT molecular complexity index is 586. The molecule has 2 aromatic carbocycles. The van der Waals surface area contributed by atoms with Gasteiger partial charge in [-0.25, -0.2) is 0 Å². The van der Waals surface area contributed by atoms with Crippen LogP contribution in [0.25, 0.3) is 0 Å². The monoisotopic (exact) mass is 321 g/mol. The van der Waals surface area contributed by atoms with Gasteiger partial charge in [0.15, 0.2) is 0 Å². The molecule has 2 nitrogen and oxygen atoms in total. The standard InChI is InChI=1S/C17H17Cl2NO/c18-14-9-15(19)11-17(10-14)21-16-5-3-13(4-6-16)12-20-7-1-2-8-20/h3-6,9-11H,1-2,7-8,12H2. The molecule has 0 bridgehead atoms. The summed E-state index contributed by atoms with van der Waals surface area (Å²) in [6.45, 7) is 3.43. The molecule has 1 fully saturated rings. The first-order valence-corrected chi connectivity index (χ1v) is 7.90. The van der Waals surface area contributed by atoms with Crippen molar-refractivity contribution in [1.82, 2.24) is 4.90 Å². The van der Waals surface area contributed by atoms with Gasteiger partial charge in [0.1, 0.15) is 11.5 Å². The lowest BCUT2D eigenvalue weighted by Gasteiger charge is -2.14. The molecule has 1 aliphatic rings. The third-order valence-electron chi connectivity index (χ3n) is 3.60. The summed E-state index contributed by atoms with van der Waals surface area (Å²) in [5.74, 6) is 1.44. The Morgan fingerprint density at radius 1 is 0.857 bits per heavy atom. The number of ether oxygens (including phenoxy) is 1. The van der Waals surface area contributed by atoms with Crippen LogP contribution in [0, 0.1) is 0 Å². The van der Waals surface area contributed by atoms with Crippen LogP contribution in [-0.4, -0.2) is 18.0 Å². The van der Waals surface area contributed by atoms with Gasteiger partial charge in [0.05, 0.1) is 0 Å². The largest absolute Gasteiger partial charge is 0.457 e. The summed E-state index contributed by atoms with van der Waals surface area (Å²) in [6.07, 6.45) is 2.63. The Balaban J connectivity index is 1.66. The van der Waals surface area contributed by atoms with Crippen LogP contribution in [0.5, 0.6) is 11.5 Å². The number of likely N-dealkylation sites (tertiary alicyclic amines) is 1. The van der Waals surface area contributed by atoms with Crippen molar-refractivity contribution in [1.29, 1.82) is 0 Å². The van der Waals surface area contributed by atoms with E-state index in [1.54, 1.807) is 18.2 Å². The zero-order chi connectivity index (χ0) is 14.7. The van der Waals surface area contributed by atoms with Gasteiger partial charge >= 0.3 is 0 Å². The van der Waals surface area contributed by atoms with Crippen molar-refractivity contribution in [3.05, 3.63) is 58.1 Å². The van der Waals surface area contributed by atoms with Crippen LogP contribution in [0.3, 0.4) is 0 Å². The molecular weight excluding hydrogens is 305 g/mol. The summed E-state index contributed by atoms with van der Waals surface area (Å²) in [7, 11) is 0. The van der Waals surface area contributed by atoms with Crippen LogP contribution >= 0.6 is 23.2 Å². The molecule has 2 aromatic rings. The fourth-order valence-electron chi connectivity index (χ4n) is 2.59. The Labute approximate surface area is 135 Å². The molecule has 0 atom stereocenters. The van der Waals surface area contributed by atoms with Gasteiger partial charge in [-0.1, -0.05) is 35.3 Å². The average molecular weight is 322 g/mol. The summed E-state index contributed by atoms with van der Waals surface area (Å²) in [6, 6.07) is 13.4. The smallest absolute Gasteiger partial charge is 0.130 e. The molecule has 21 heavy (non-hydrogen) atoms. The second kappa shape index (κ2) is 6.69. The maximum atomic E-state index is 5.97. The molecule has 3 rings (SSSR count). The van der Waals surface area contributed by atoms with Crippen LogP contribution < -0.4 is 4.74 Å². The van der Waals surface area contributed by atoms with E-state index in [0.717, 1.165) is 12.3 Å². The predicted octanol–water partition coefficient (Wildman–Crippen LogP) is 5.38. The Morgan fingerprint density at radius 2 is 1.48 bits per heavy atom. The lowest BCUT2D eigenvalue weighted by molar-refractivity contribution is 0.331. The number of nitrogens with zero attached hydrogens (tertiary/aromatic N) is 1. The van der Waals surface area contributed by atoms with Crippen LogP contribution in [-0.2, 0) is 6.54 Å². The minimum atomic E-state index is 0.572. The normalized spacial score (nSPS) is 15.3. The van der Waals surface area contributed by atoms with Gasteiger partial charge in [-0.2, -0.15) is 0 Å². The number of hydrogen-bond acceptors (Lipinski definition) is 2. The molecule has 0 amide bonds. The highest BCUT2D eigenvalue weighted by atomic mass is 35.5. The summed E-state index contributed by atoms with van der Waals surface area (Å²) < 4.78 is 5.78. The Morgan fingerprint density at radius 3 is 2.10 bits per heavy atom. The highest BCUT2D eigenvalue weighted by Gasteiger charge is 2.11. The summed E-state index contributed by atoms with van der Waals surface area (Å²) in [4.78, 5) is 2.48. The topological polar surface area (TPSA) is 12.5 Å². The summed E-state index contributed by atoms with van der Waals surface area (Å²) in [5, 5.41) is 1.14. The molecule has 110 valence electrons. The van der Waals surface area contributed by atoms with Gasteiger partial charge in [0.2, 0.25) is 0 Å². The van der Waals surface area contributed by atoms with Gasteiger partial charge in [-0.3, -0.25) is 4.90 Å². The number of hydrogen-bond donors (Lipinski definition) is 0. The first-order valence-electron chi connectivity index (χ1n) is 7.14. The molecule has 1 heterocycles. The summed E-state index contributed by atoms with van der Waals surface area (Å²) >= 11 is 11.9. The lowest BCUT2D eigenvalue weighted by Crippen LogP contribution is -2.18. The zero-order valence-electron chi connectivity index (χ0n) is 11.7.